The van der Waals surface area contributed by atoms with Crippen molar-refractivity contribution in [2.24, 2.45) is 0 Å². The molecule has 1 aromatic heterocycles. The third-order valence-electron chi connectivity index (χ3n) is 3.58. The second kappa shape index (κ2) is 4.55. The van der Waals surface area contributed by atoms with E-state index in [-0.39, 0.29) is 18.2 Å². The number of rotatable bonds is 2. The number of nitrogens with two attached hydrogens (primary N) is 1. The fraction of sp³-hybridized carbons (Fsp3) is 0.385. The monoisotopic (exact) mass is 260 g/mol. The Hall–Kier alpha value is -2.08. The lowest BCUT2D eigenvalue weighted by Crippen LogP contribution is -2.34. The maximum absolute atomic E-state index is 12.1. The molecule has 100 valence electrons. The molecule has 0 bridgehead atoms. The summed E-state index contributed by atoms with van der Waals surface area (Å²) < 4.78 is 0. The molecule has 0 aliphatic carbocycles. The van der Waals surface area contributed by atoms with Crippen molar-refractivity contribution in [3.05, 3.63) is 28.6 Å². The molecule has 1 fully saturated rings. The van der Waals surface area contributed by atoms with Crippen LogP contribution < -0.4 is 16.2 Å². The summed E-state index contributed by atoms with van der Waals surface area (Å²) in [5.74, 6) is 0.527. The summed E-state index contributed by atoms with van der Waals surface area (Å²) in [5, 5.41) is 9.83. The summed E-state index contributed by atoms with van der Waals surface area (Å²) in [5.41, 5.74) is 6.64. The van der Waals surface area contributed by atoms with Crippen LogP contribution >= 0.6 is 0 Å². The van der Waals surface area contributed by atoms with Crippen LogP contribution in [0.2, 0.25) is 0 Å². The molecule has 6 nitrogen and oxygen atoms in total. The van der Waals surface area contributed by atoms with Gasteiger partial charge in [0.2, 0.25) is 5.95 Å². The van der Waals surface area contributed by atoms with Crippen LogP contribution in [0, 0.1) is 0 Å². The number of fused-ring (bicyclic) bond motifs is 1. The first-order valence-corrected chi connectivity index (χ1v) is 6.36. The first-order chi connectivity index (χ1) is 9.19. The molecule has 0 amide bonds. The van der Waals surface area contributed by atoms with E-state index in [1.54, 1.807) is 18.2 Å². The molecule has 1 aliphatic rings. The van der Waals surface area contributed by atoms with Gasteiger partial charge in [0.1, 0.15) is 0 Å². The average molecular weight is 260 g/mol. The van der Waals surface area contributed by atoms with Gasteiger partial charge in [0.25, 0.3) is 5.56 Å². The van der Waals surface area contributed by atoms with E-state index >= 15 is 0 Å². The van der Waals surface area contributed by atoms with Crippen molar-refractivity contribution in [3.8, 4) is 0 Å². The molecule has 1 aliphatic heterocycles. The highest BCUT2D eigenvalue weighted by molar-refractivity contribution is 5.81. The molecule has 19 heavy (non-hydrogen) atoms. The zero-order chi connectivity index (χ0) is 13.4. The third-order valence-corrected chi connectivity index (χ3v) is 3.58. The summed E-state index contributed by atoms with van der Waals surface area (Å²) in [6.07, 6.45) is 1.91. The number of aromatic amines is 1. The fourth-order valence-electron chi connectivity index (χ4n) is 2.58. The van der Waals surface area contributed by atoms with Crippen molar-refractivity contribution in [2.75, 3.05) is 23.8 Å². The molecule has 6 heteroatoms. The van der Waals surface area contributed by atoms with Crippen LogP contribution in [0.1, 0.15) is 12.8 Å². The van der Waals surface area contributed by atoms with Crippen molar-refractivity contribution in [3.63, 3.8) is 0 Å². The van der Waals surface area contributed by atoms with Crippen molar-refractivity contribution >= 4 is 22.5 Å². The van der Waals surface area contributed by atoms with E-state index in [4.69, 9.17) is 5.73 Å². The lowest BCUT2D eigenvalue weighted by atomic mass is 10.2. The van der Waals surface area contributed by atoms with Gasteiger partial charge in [0, 0.05) is 12.2 Å². The molecule has 1 unspecified atom stereocenters. The summed E-state index contributed by atoms with van der Waals surface area (Å²) in [6.45, 7) is 0.873. The quantitative estimate of drug-likeness (QED) is 0.682. The Labute approximate surface area is 109 Å². The van der Waals surface area contributed by atoms with Gasteiger partial charge in [-0.3, -0.25) is 9.78 Å². The Morgan fingerprint density at radius 3 is 3.16 bits per heavy atom. The highest BCUT2D eigenvalue weighted by Gasteiger charge is 2.25. The second-order valence-corrected chi connectivity index (χ2v) is 4.84. The number of H-pyrrole nitrogens is 1. The molecular formula is C13H16N4O2. The Morgan fingerprint density at radius 2 is 2.37 bits per heavy atom. The Morgan fingerprint density at radius 1 is 1.53 bits per heavy atom. The summed E-state index contributed by atoms with van der Waals surface area (Å²) in [6, 6.07) is 5.13. The van der Waals surface area contributed by atoms with Crippen LogP contribution in [0.25, 0.3) is 10.9 Å². The van der Waals surface area contributed by atoms with Gasteiger partial charge in [-0.25, -0.2) is 4.98 Å². The molecule has 4 N–H and O–H groups in total. The van der Waals surface area contributed by atoms with Crippen LogP contribution in [0.15, 0.2) is 23.0 Å². The number of anilines is 2. The Kier molecular flexibility index (Phi) is 2.87. The van der Waals surface area contributed by atoms with Crippen LogP contribution in [0.3, 0.4) is 0 Å². The highest BCUT2D eigenvalue weighted by Crippen LogP contribution is 2.22. The van der Waals surface area contributed by atoms with E-state index in [0.29, 0.717) is 22.5 Å². The van der Waals surface area contributed by atoms with Crippen LogP contribution in [0.5, 0.6) is 0 Å². The molecule has 2 heterocycles. The fourth-order valence-corrected chi connectivity index (χ4v) is 2.58. The van der Waals surface area contributed by atoms with E-state index in [2.05, 4.69) is 9.97 Å². The van der Waals surface area contributed by atoms with E-state index in [0.717, 1.165) is 19.4 Å². The van der Waals surface area contributed by atoms with Crippen molar-refractivity contribution in [1.82, 2.24) is 9.97 Å². The van der Waals surface area contributed by atoms with Crippen LogP contribution in [-0.2, 0) is 0 Å². The Balaban J connectivity index is 2.11. The summed E-state index contributed by atoms with van der Waals surface area (Å²) in [4.78, 5) is 21.3. The average Bonchev–Trinajstić information content (AvgIpc) is 2.87. The third kappa shape index (κ3) is 2.04. The van der Waals surface area contributed by atoms with Gasteiger partial charge in [-0.15, -0.1) is 0 Å². The van der Waals surface area contributed by atoms with Crippen molar-refractivity contribution in [2.45, 2.75) is 18.9 Å². The largest absolute Gasteiger partial charge is 0.399 e. The lowest BCUT2D eigenvalue weighted by Gasteiger charge is -2.23. The minimum Gasteiger partial charge on any atom is -0.399 e. The molecule has 0 saturated carbocycles. The predicted octanol–water partition coefficient (Wildman–Crippen LogP) is 0.466. The van der Waals surface area contributed by atoms with Gasteiger partial charge >= 0.3 is 0 Å². The van der Waals surface area contributed by atoms with Gasteiger partial charge < -0.3 is 15.7 Å². The number of nitrogen functional groups attached to an aromatic ring is 1. The zero-order valence-electron chi connectivity index (χ0n) is 10.5. The molecule has 0 radical (unpaired) electrons. The molecule has 1 atom stereocenters. The summed E-state index contributed by atoms with van der Waals surface area (Å²) >= 11 is 0. The van der Waals surface area contributed by atoms with E-state index in [9.17, 15) is 9.90 Å². The number of aliphatic hydroxyl groups excluding tert-OH is 1. The van der Waals surface area contributed by atoms with Crippen LogP contribution in [0.4, 0.5) is 11.6 Å². The van der Waals surface area contributed by atoms with Crippen LogP contribution in [-0.4, -0.2) is 34.3 Å². The SMILES string of the molecule is Nc1ccc2nc(N3CCCC3CO)[nH]c(=O)c2c1. The first-order valence-electron chi connectivity index (χ1n) is 6.36. The molecule has 3 rings (SSSR count). The Bertz CT molecular complexity index is 667. The zero-order valence-corrected chi connectivity index (χ0v) is 10.5. The van der Waals surface area contributed by atoms with Crippen molar-refractivity contribution < 1.29 is 5.11 Å². The number of aromatic nitrogens is 2. The van der Waals surface area contributed by atoms with Gasteiger partial charge in [-0.1, -0.05) is 0 Å². The predicted molar refractivity (Wildman–Crippen MR) is 74.2 cm³/mol. The molecule has 0 spiro atoms. The number of nitrogens with one attached hydrogen (secondary N) is 1. The molecular weight excluding hydrogens is 244 g/mol. The number of nitrogens with zero attached hydrogens (tertiary/aromatic N) is 2. The van der Waals surface area contributed by atoms with Gasteiger partial charge in [-0.05, 0) is 31.0 Å². The minimum atomic E-state index is -0.198. The van der Waals surface area contributed by atoms with E-state index < -0.39 is 0 Å². The second-order valence-electron chi connectivity index (χ2n) is 4.84. The molecule has 2 aromatic rings. The van der Waals surface area contributed by atoms with Gasteiger partial charge in [-0.2, -0.15) is 0 Å². The topological polar surface area (TPSA) is 95.2 Å². The number of hydrogen-bond donors (Lipinski definition) is 3. The number of hydrogen-bond acceptors (Lipinski definition) is 5. The molecule has 1 saturated heterocycles. The van der Waals surface area contributed by atoms with Gasteiger partial charge in [0.15, 0.2) is 0 Å². The van der Waals surface area contributed by atoms with Crippen molar-refractivity contribution in [1.29, 1.82) is 0 Å². The first kappa shape index (κ1) is 12.0. The van der Waals surface area contributed by atoms with E-state index in [1.165, 1.54) is 0 Å². The lowest BCUT2D eigenvalue weighted by molar-refractivity contribution is 0.265. The number of benzene rings is 1. The minimum absolute atomic E-state index is 0.0365. The molecule has 1 aromatic carbocycles. The highest BCUT2D eigenvalue weighted by atomic mass is 16.3. The maximum Gasteiger partial charge on any atom is 0.260 e. The van der Waals surface area contributed by atoms with Gasteiger partial charge in [0.05, 0.1) is 23.6 Å². The smallest absolute Gasteiger partial charge is 0.260 e. The normalized spacial score (nSPS) is 19.2. The number of aliphatic hydroxyl groups is 1. The standard InChI is InChI=1S/C13H16N4O2/c14-8-3-4-11-10(6-8)12(19)16-13(15-11)17-5-1-2-9(17)7-18/h3-4,6,9,18H,1-2,5,7,14H2,(H,15,16,19). The van der Waals surface area contributed by atoms with E-state index in [1.807, 2.05) is 4.90 Å². The summed E-state index contributed by atoms with van der Waals surface area (Å²) in [7, 11) is 0. The maximum atomic E-state index is 12.1.